The Labute approximate surface area is 164 Å². The van der Waals surface area contributed by atoms with Crippen LogP contribution in [0.4, 0.5) is 0 Å². The Bertz CT molecular complexity index is 1050. The second-order valence-electron chi connectivity index (χ2n) is 5.61. The average molecular weight is 402 g/mol. The van der Waals surface area contributed by atoms with Crippen molar-refractivity contribution in [2.45, 2.75) is 17.3 Å². The summed E-state index contributed by atoms with van der Waals surface area (Å²) in [4.78, 5) is 8.71. The predicted molar refractivity (Wildman–Crippen MR) is 105 cm³/mol. The van der Waals surface area contributed by atoms with Gasteiger partial charge in [0.15, 0.2) is 11.2 Å². The molecule has 0 N–H and O–H groups in total. The van der Waals surface area contributed by atoms with Crippen LogP contribution in [0.3, 0.4) is 0 Å². The van der Waals surface area contributed by atoms with Gasteiger partial charge in [-0.15, -0.1) is 5.10 Å². The Morgan fingerprint density at radius 2 is 1.85 bits per heavy atom. The maximum atomic E-state index is 6.25. The second kappa shape index (κ2) is 7.61. The van der Waals surface area contributed by atoms with Crippen molar-refractivity contribution in [1.29, 1.82) is 0 Å². The van der Waals surface area contributed by atoms with Gasteiger partial charge in [-0.05, 0) is 23.3 Å². The molecule has 130 valence electrons. The highest BCUT2D eigenvalue weighted by Crippen LogP contribution is 2.30. The van der Waals surface area contributed by atoms with Crippen LogP contribution >= 0.6 is 35.0 Å². The third-order valence-corrected chi connectivity index (χ3v) is 5.44. The van der Waals surface area contributed by atoms with Gasteiger partial charge in [-0.25, -0.2) is 14.6 Å². The van der Waals surface area contributed by atoms with Gasteiger partial charge in [0.25, 0.3) is 0 Å². The van der Waals surface area contributed by atoms with Gasteiger partial charge in [-0.3, -0.25) is 0 Å². The molecule has 26 heavy (non-hydrogen) atoms. The number of nitrogens with zero attached hydrogens (tertiary/aromatic N) is 5. The number of fused-ring (bicyclic) bond motifs is 1. The summed E-state index contributed by atoms with van der Waals surface area (Å²) in [6, 6.07) is 15.6. The van der Waals surface area contributed by atoms with Gasteiger partial charge in [0.1, 0.15) is 11.4 Å². The Hall–Kier alpha value is -2.15. The van der Waals surface area contributed by atoms with Gasteiger partial charge in [0.2, 0.25) is 0 Å². The normalized spacial score (nSPS) is 11.2. The number of hydrogen-bond donors (Lipinski definition) is 0. The molecule has 0 fully saturated rings. The van der Waals surface area contributed by atoms with E-state index in [-0.39, 0.29) is 0 Å². The fourth-order valence-corrected chi connectivity index (χ4v) is 4.01. The summed E-state index contributed by atoms with van der Waals surface area (Å²) >= 11 is 13.7. The van der Waals surface area contributed by atoms with Crippen molar-refractivity contribution >= 4 is 46.1 Å². The molecule has 4 aromatic rings. The lowest BCUT2D eigenvalue weighted by Gasteiger charge is -2.05. The first-order chi connectivity index (χ1) is 12.7. The van der Waals surface area contributed by atoms with Crippen LogP contribution in [0.1, 0.15) is 11.1 Å². The molecule has 2 aromatic carbocycles. The van der Waals surface area contributed by atoms with E-state index in [1.54, 1.807) is 28.8 Å². The van der Waals surface area contributed by atoms with Crippen LogP contribution in [0.2, 0.25) is 10.0 Å². The molecule has 0 amide bonds. The van der Waals surface area contributed by atoms with E-state index in [1.165, 1.54) is 0 Å². The molecule has 0 saturated carbocycles. The number of rotatable bonds is 5. The van der Waals surface area contributed by atoms with Crippen molar-refractivity contribution < 1.29 is 0 Å². The van der Waals surface area contributed by atoms with E-state index < -0.39 is 0 Å². The zero-order chi connectivity index (χ0) is 17.9. The van der Waals surface area contributed by atoms with Crippen LogP contribution < -0.4 is 0 Å². The lowest BCUT2D eigenvalue weighted by atomic mass is 10.2. The Kier molecular flexibility index (Phi) is 5.06. The van der Waals surface area contributed by atoms with Crippen molar-refractivity contribution in [2.75, 3.05) is 0 Å². The molecule has 0 atom stereocenters. The van der Waals surface area contributed by atoms with Crippen molar-refractivity contribution in [3.8, 4) is 0 Å². The summed E-state index contributed by atoms with van der Waals surface area (Å²) in [5.41, 5.74) is 3.54. The van der Waals surface area contributed by atoms with Crippen LogP contribution in [0.5, 0.6) is 0 Å². The largest absolute Gasteiger partial charge is 0.227 e. The average Bonchev–Trinajstić information content (AvgIpc) is 3.05. The monoisotopic (exact) mass is 401 g/mol. The van der Waals surface area contributed by atoms with E-state index in [1.807, 2.05) is 42.5 Å². The van der Waals surface area contributed by atoms with E-state index in [9.17, 15) is 0 Å². The fourth-order valence-electron chi connectivity index (χ4n) is 2.52. The van der Waals surface area contributed by atoms with E-state index in [0.29, 0.717) is 33.5 Å². The standard InChI is InChI=1S/C18H13Cl2N5S/c19-14-7-6-13(15(20)8-14)10-26-18-16-17(21-11-22-18)25(24-23-16)9-12-4-2-1-3-5-12/h1-8,11H,9-10H2. The van der Waals surface area contributed by atoms with E-state index in [0.717, 1.165) is 16.2 Å². The topological polar surface area (TPSA) is 56.5 Å². The molecular weight excluding hydrogens is 389 g/mol. The van der Waals surface area contributed by atoms with E-state index in [2.05, 4.69) is 20.3 Å². The number of hydrogen-bond acceptors (Lipinski definition) is 5. The quantitative estimate of drug-likeness (QED) is 0.352. The summed E-state index contributed by atoms with van der Waals surface area (Å²) in [5, 5.41) is 10.6. The van der Waals surface area contributed by atoms with Crippen LogP contribution in [0.15, 0.2) is 59.9 Å². The molecule has 0 aliphatic heterocycles. The third kappa shape index (κ3) is 3.67. The number of benzene rings is 2. The Balaban J connectivity index is 1.58. The maximum Gasteiger partial charge on any atom is 0.183 e. The molecule has 2 heterocycles. The van der Waals surface area contributed by atoms with Gasteiger partial charge in [0, 0.05) is 15.8 Å². The number of thioether (sulfide) groups is 1. The van der Waals surface area contributed by atoms with E-state index >= 15 is 0 Å². The van der Waals surface area contributed by atoms with Gasteiger partial charge in [-0.2, -0.15) is 0 Å². The molecular formula is C18H13Cl2N5S. The first kappa shape index (κ1) is 17.3. The van der Waals surface area contributed by atoms with Crippen LogP contribution in [-0.4, -0.2) is 25.0 Å². The zero-order valence-electron chi connectivity index (χ0n) is 13.5. The highest BCUT2D eigenvalue weighted by molar-refractivity contribution is 7.98. The minimum Gasteiger partial charge on any atom is -0.227 e. The Morgan fingerprint density at radius 1 is 1.00 bits per heavy atom. The molecule has 0 aliphatic rings. The lowest BCUT2D eigenvalue weighted by Crippen LogP contribution is -2.02. The third-order valence-electron chi connectivity index (χ3n) is 3.82. The number of aromatic nitrogens is 5. The van der Waals surface area contributed by atoms with Crippen molar-refractivity contribution in [3.63, 3.8) is 0 Å². The smallest absolute Gasteiger partial charge is 0.183 e. The first-order valence-corrected chi connectivity index (χ1v) is 9.60. The van der Waals surface area contributed by atoms with Crippen LogP contribution in [0, 0.1) is 0 Å². The molecule has 0 radical (unpaired) electrons. The Morgan fingerprint density at radius 3 is 2.65 bits per heavy atom. The second-order valence-corrected chi connectivity index (χ2v) is 7.42. The summed E-state index contributed by atoms with van der Waals surface area (Å²) in [5.74, 6) is 0.660. The SMILES string of the molecule is Clc1ccc(CSc2ncnc3c2nnn3Cc2ccccc2)c(Cl)c1. The number of halogens is 2. The molecule has 5 nitrogen and oxygen atoms in total. The van der Waals surface area contributed by atoms with Gasteiger partial charge in [-0.1, -0.05) is 76.6 Å². The van der Waals surface area contributed by atoms with Crippen molar-refractivity contribution in [3.05, 3.63) is 76.0 Å². The van der Waals surface area contributed by atoms with E-state index in [4.69, 9.17) is 23.2 Å². The maximum absolute atomic E-state index is 6.25. The van der Waals surface area contributed by atoms with Crippen molar-refractivity contribution in [2.24, 2.45) is 0 Å². The van der Waals surface area contributed by atoms with Gasteiger partial charge < -0.3 is 0 Å². The zero-order valence-corrected chi connectivity index (χ0v) is 15.8. The highest BCUT2D eigenvalue weighted by Gasteiger charge is 2.13. The summed E-state index contributed by atoms with van der Waals surface area (Å²) in [6.45, 7) is 0.613. The summed E-state index contributed by atoms with van der Waals surface area (Å²) < 4.78 is 1.78. The predicted octanol–water partition coefficient (Wildman–Crippen LogP) is 4.87. The minimum absolute atomic E-state index is 0.613. The molecule has 2 aromatic heterocycles. The molecule has 0 bridgehead atoms. The lowest BCUT2D eigenvalue weighted by molar-refractivity contribution is 0.664. The van der Waals surface area contributed by atoms with Crippen molar-refractivity contribution in [1.82, 2.24) is 25.0 Å². The highest BCUT2D eigenvalue weighted by atomic mass is 35.5. The summed E-state index contributed by atoms with van der Waals surface area (Å²) in [6.07, 6.45) is 1.54. The molecule has 4 rings (SSSR count). The fraction of sp³-hybridized carbons (Fsp3) is 0.111. The molecule has 0 aliphatic carbocycles. The van der Waals surface area contributed by atoms with Gasteiger partial charge >= 0.3 is 0 Å². The first-order valence-electron chi connectivity index (χ1n) is 7.85. The van der Waals surface area contributed by atoms with Crippen LogP contribution in [0.25, 0.3) is 11.2 Å². The van der Waals surface area contributed by atoms with Gasteiger partial charge in [0.05, 0.1) is 6.54 Å². The minimum atomic E-state index is 0.613. The van der Waals surface area contributed by atoms with Crippen LogP contribution in [-0.2, 0) is 12.3 Å². The molecule has 0 saturated heterocycles. The summed E-state index contributed by atoms with van der Waals surface area (Å²) in [7, 11) is 0. The molecule has 0 spiro atoms. The molecule has 0 unspecified atom stereocenters. The molecule has 8 heteroatoms.